The highest BCUT2D eigenvalue weighted by Crippen LogP contribution is 2.20. The van der Waals surface area contributed by atoms with Gasteiger partial charge in [-0.05, 0) is 55.3 Å². The summed E-state index contributed by atoms with van der Waals surface area (Å²) in [5.74, 6) is -0.165. The average molecular weight is 409 g/mol. The molecule has 6 heteroatoms. The molecule has 1 amide bonds. The second-order valence-electron chi connectivity index (χ2n) is 7.09. The highest BCUT2D eigenvalue weighted by molar-refractivity contribution is 7.92. The predicted octanol–water partition coefficient (Wildman–Crippen LogP) is 4.38. The van der Waals surface area contributed by atoms with Gasteiger partial charge in [0.25, 0.3) is 15.9 Å². The molecular weight excluding hydrogens is 384 g/mol. The van der Waals surface area contributed by atoms with Crippen LogP contribution in [0.4, 0.5) is 5.69 Å². The summed E-state index contributed by atoms with van der Waals surface area (Å²) in [4.78, 5) is 14.4. The molecule has 0 saturated heterocycles. The molecule has 0 aliphatic heterocycles. The minimum atomic E-state index is -3.73. The van der Waals surface area contributed by atoms with Gasteiger partial charge >= 0.3 is 0 Å². The molecule has 29 heavy (non-hydrogen) atoms. The van der Waals surface area contributed by atoms with Crippen molar-refractivity contribution in [2.75, 3.05) is 11.8 Å². The molecule has 0 spiro atoms. The third kappa shape index (κ3) is 5.03. The van der Waals surface area contributed by atoms with Crippen molar-refractivity contribution in [3.63, 3.8) is 0 Å². The van der Waals surface area contributed by atoms with E-state index in [0.29, 0.717) is 17.8 Å². The number of carbonyl (C=O) groups excluding carboxylic acids is 1. The Morgan fingerprint density at radius 3 is 2.14 bits per heavy atom. The molecule has 0 atom stereocenters. The average Bonchev–Trinajstić information content (AvgIpc) is 2.71. The second kappa shape index (κ2) is 8.49. The lowest BCUT2D eigenvalue weighted by Crippen LogP contribution is -2.26. The lowest BCUT2D eigenvalue weighted by atomic mass is 10.1. The van der Waals surface area contributed by atoms with Gasteiger partial charge in [0, 0.05) is 19.2 Å². The van der Waals surface area contributed by atoms with Crippen LogP contribution in [0.15, 0.2) is 77.7 Å². The Kier molecular flexibility index (Phi) is 6.03. The minimum Gasteiger partial charge on any atom is -0.337 e. The number of nitrogens with zero attached hydrogens (tertiary/aromatic N) is 1. The maximum absolute atomic E-state index is 12.7. The molecule has 150 valence electrons. The summed E-state index contributed by atoms with van der Waals surface area (Å²) in [7, 11) is -2.00. The molecular formula is C23H24N2O3S. The highest BCUT2D eigenvalue weighted by Gasteiger charge is 2.17. The topological polar surface area (TPSA) is 66.5 Å². The summed E-state index contributed by atoms with van der Waals surface area (Å²) in [6.07, 6.45) is 0. The first-order valence-corrected chi connectivity index (χ1v) is 10.7. The standard InChI is InChI=1S/C23H24N2O3S/c1-17-8-10-19(11-9-17)16-25(3)23(26)20-12-14-21(15-13-20)29(27,28)24-22-7-5-4-6-18(22)2/h4-15,24H,16H2,1-3H3. The van der Waals surface area contributed by atoms with Crippen molar-refractivity contribution in [2.24, 2.45) is 0 Å². The van der Waals surface area contributed by atoms with Gasteiger partial charge in [-0.25, -0.2) is 8.42 Å². The van der Waals surface area contributed by atoms with Crippen LogP contribution in [0.5, 0.6) is 0 Å². The van der Waals surface area contributed by atoms with E-state index in [9.17, 15) is 13.2 Å². The fraction of sp³-hybridized carbons (Fsp3) is 0.174. The number of para-hydroxylation sites is 1. The van der Waals surface area contributed by atoms with E-state index in [1.165, 1.54) is 17.7 Å². The number of hydrogen-bond donors (Lipinski definition) is 1. The largest absolute Gasteiger partial charge is 0.337 e. The predicted molar refractivity (Wildman–Crippen MR) is 115 cm³/mol. The third-order valence-corrected chi connectivity index (χ3v) is 6.07. The molecule has 0 bridgehead atoms. The molecule has 0 unspecified atom stereocenters. The molecule has 3 aromatic rings. The summed E-state index contributed by atoms with van der Waals surface area (Å²) < 4.78 is 27.9. The molecule has 0 radical (unpaired) electrons. The zero-order valence-corrected chi connectivity index (χ0v) is 17.5. The number of aryl methyl sites for hydroxylation is 2. The van der Waals surface area contributed by atoms with Crippen LogP contribution < -0.4 is 4.72 Å². The van der Waals surface area contributed by atoms with Gasteiger partial charge in [0.2, 0.25) is 0 Å². The molecule has 5 nitrogen and oxygen atoms in total. The first-order valence-electron chi connectivity index (χ1n) is 9.26. The lowest BCUT2D eigenvalue weighted by molar-refractivity contribution is 0.0785. The van der Waals surface area contributed by atoms with E-state index >= 15 is 0 Å². The number of carbonyl (C=O) groups is 1. The van der Waals surface area contributed by atoms with Crippen LogP contribution in [0.1, 0.15) is 27.0 Å². The summed E-state index contributed by atoms with van der Waals surface area (Å²) >= 11 is 0. The quantitative estimate of drug-likeness (QED) is 0.658. The zero-order valence-electron chi connectivity index (χ0n) is 16.7. The van der Waals surface area contributed by atoms with Gasteiger partial charge in [-0.15, -0.1) is 0 Å². The molecule has 1 N–H and O–H groups in total. The number of rotatable bonds is 6. The minimum absolute atomic E-state index is 0.110. The first kappa shape index (κ1) is 20.6. The molecule has 0 aromatic heterocycles. The van der Waals surface area contributed by atoms with E-state index in [4.69, 9.17) is 0 Å². The van der Waals surface area contributed by atoms with Crippen molar-refractivity contribution in [3.05, 3.63) is 95.1 Å². The van der Waals surface area contributed by atoms with Crippen LogP contribution in [0.2, 0.25) is 0 Å². The monoisotopic (exact) mass is 408 g/mol. The molecule has 0 aliphatic carbocycles. The maximum atomic E-state index is 12.7. The van der Waals surface area contributed by atoms with E-state index in [-0.39, 0.29) is 10.8 Å². The van der Waals surface area contributed by atoms with Crippen LogP contribution in [0, 0.1) is 13.8 Å². The number of sulfonamides is 1. The van der Waals surface area contributed by atoms with Gasteiger partial charge in [0.1, 0.15) is 0 Å². The number of amides is 1. The Morgan fingerprint density at radius 2 is 1.52 bits per heavy atom. The van der Waals surface area contributed by atoms with Gasteiger partial charge in [-0.1, -0.05) is 48.0 Å². The molecule has 0 saturated carbocycles. The highest BCUT2D eigenvalue weighted by atomic mass is 32.2. The van der Waals surface area contributed by atoms with Crippen LogP contribution in [-0.2, 0) is 16.6 Å². The Labute approximate surface area is 172 Å². The molecule has 3 rings (SSSR count). The van der Waals surface area contributed by atoms with Crippen molar-refractivity contribution >= 4 is 21.6 Å². The molecule has 3 aromatic carbocycles. The van der Waals surface area contributed by atoms with Crippen LogP contribution in [-0.4, -0.2) is 26.3 Å². The van der Waals surface area contributed by atoms with Gasteiger partial charge in [-0.3, -0.25) is 9.52 Å². The molecule has 0 fully saturated rings. The fourth-order valence-corrected chi connectivity index (χ4v) is 4.06. The fourth-order valence-electron chi connectivity index (χ4n) is 2.93. The summed E-state index contributed by atoms with van der Waals surface area (Å²) in [6, 6.07) is 21.2. The normalized spacial score (nSPS) is 11.1. The first-order chi connectivity index (χ1) is 13.8. The van der Waals surface area contributed by atoms with Gasteiger partial charge in [-0.2, -0.15) is 0 Å². The summed E-state index contributed by atoms with van der Waals surface area (Å²) in [6.45, 7) is 4.33. The van der Waals surface area contributed by atoms with Crippen molar-refractivity contribution in [1.29, 1.82) is 0 Å². The maximum Gasteiger partial charge on any atom is 0.261 e. The van der Waals surface area contributed by atoms with Gasteiger partial charge in [0.15, 0.2) is 0 Å². The van der Waals surface area contributed by atoms with E-state index in [1.807, 2.05) is 50.2 Å². The molecule has 0 aliphatic rings. The van der Waals surface area contributed by atoms with Gasteiger partial charge in [0.05, 0.1) is 10.6 Å². The second-order valence-corrected chi connectivity index (χ2v) is 8.77. The van der Waals surface area contributed by atoms with Crippen molar-refractivity contribution in [1.82, 2.24) is 4.90 Å². The van der Waals surface area contributed by atoms with Crippen LogP contribution in [0.25, 0.3) is 0 Å². The Bertz CT molecular complexity index is 1110. The van der Waals surface area contributed by atoms with E-state index in [2.05, 4.69) is 4.72 Å². The third-order valence-electron chi connectivity index (χ3n) is 4.69. The lowest BCUT2D eigenvalue weighted by Gasteiger charge is -2.18. The van der Waals surface area contributed by atoms with E-state index in [1.54, 1.807) is 36.2 Å². The summed E-state index contributed by atoms with van der Waals surface area (Å²) in [5.41, 5.74) is 4.01. The smallest absolute Gasteiger partial charge is 0.261 e. The number of nitrogens with one attached hydrogen (secondary N) is 1. The van der Waals surface area contributed by atoms with Crippen LogP contribution >= 0.6 is 0 Å². The Hall–Kier alpha value is -3.12. The number of benzene rings is 3. The van der Waals surface area contributed by atoms with E-state index in [0.717, 1.165) is 11.1 Å². The van der Waals surface area contributed by atoms with Crippen LogP contribution in [0.3, 0.4) is 0 Å². The van der Waals surface area contributed by atoms with Crippen molar-refractivity contribution in [2.45, 2.75) is 25.3 Å². The van der Waals surface area contributed by atoms with Crippen molar-refractivity contribution in [3.8, 4) is 0 Å². The van der Waals surface area contributed by atoms with Crippen molar-refractivity contribution < 1.29 is 13.2 Å². The molecule has 0 heterocycles. The number of anilines is 1. The van der Waals surface area contributed by atoms with Gasteiger partial charge < -0.3 is 4.90 Å². The SMILES string of the molecule is Cc1ccc(CN(C)C(=O)c2ccc(S(=O)(=O)Nc3ccccc3C)cc2)cc1. The Balaban J connectivity index is 1.72. The number of hydrogen-bond acceptors (Lipinski definition) is 3. The summed E-state index contributed by atoms with van der Waals surface area (Å²) in [5, 5.41) is 0. The van der Waals surface area contributed by atoms with E-state index < -0.39 is 10.0 Å². The zero-order chi connectivity index (χ0) is 21.0. The Morgan fingerprint density at radius 1 is 0.897 bits per heavy atom.